The minimum atomic E-state index is -0.766. The van der Waals surface area contributed by atoms with Crippen LogP contribution in [0.15, 0.2) is 47.4 Å². The van der Waals surface area contributed by atoms with Gasteiger partial charge < -0.3 is 9.64 Å². The lowest BCUT2D eigenvalue weighted by molar-refractivity contribution is 0.0394. The second-order valence-electron chi connectivity index (χ2n) is 8.41. The van der Waals surface area contributed by atoms with Gasteiger partial charge in [0.05, 0.1) is 12.0 Å². The third kappa shape index (κ3) is 3.92. The number of morpholine rings is 1. The van der Waals surface area contributed by atoms with Crippen LogP contribution in [0.4, 0.5) is 14.6 Å². The number of hydrogen-bond donors (Lipinski definition) is 0. The topological polar surface area (TPSA) is 73.1 Å². The normalized spacial score (nSPS) is 16.3. The van der Waals surface area contributed by atoms with Crippen molar-refractivity contribution in [1.82, 2.24) is 19.5 Å². The van der Waals surface area contributed by atoms with E-state index in [0.717, 1.165) is 17.3 Å². The van der Waals surface area contributed by atoms with Crippen molar-refractivity contribution >= 4 is 16.7 Å². The van der Waals surface area contributed by atoms with E-state index < -0.39 is 11.6 Å². The lowest BCUT2D eigenvalue weighted by atomic mass is 10.1. The van der Waals surface area contributed by atoms with E-state index in [9.17, 15) is 13.6 Å². The summed E-state index contributed by atoms with van der Waals surface area (Å²) in [5.41, 5.74) is 2.20. The Labute approximate surface area is 194 Å². The summed E-state index contributed by atoms with van der Waals surface area (Å²) in [6.45, 7) is 5.11. The molecule has 1 saturated heterocycles. The van der Waals surface area contributed by atoms with Crippen LogP contribution in [0.5, 0.6) is 0 Å². The summed E-state index contributed by atoms with van der Waals surface area (Å²) in [7, 11) is 1.64. The molecular weight excluding hydrogens is 440 g/mol. The zero-order valence-electron chi connectivity index (χ0n) is 19.0. The second-order valence-corrected chi connectivity index (χ2v) is 8.41. The molecule has 1 aliphatic heterocycles. The van der Waals surface area contributed by atoms with Crippen molar-refractivity contribution in [3.8, 4) is 11.3 Å². The molecule has 4 aromatic rings. The van der Waals surface area contributed by atoms with Crippen molar-refractivity contribution in [3.63, 3.8) is 0 Å². The van der Waals surface area contributed by atoms with E-state index >= 15 is 0 Å². The Bertz CT molecular complexity index is 1470. The molecule has 0 spiro atoms. The number of hydrogen-bond acceptors (Lipinski definition) is 6. The van der Waals surface area contributed by atoms with E-state index in [4.69, 9.17) is 9.72 Å². The Morgan fingerprint density at radius 3 is 2.68 bits per heavy atom. The van der Waals surface area contributed by atoms with Crippen LogP contribution in [-0.4, -0.2) is 39.2 Å². The first kappa shape index (κ1) is 22.1. The van der Waals surface area contributed by atoms with Crippen molar-refractivity contribution < 1.29 is 13.5 Å². The summed E-state index contributed by atoms with van der Waals surface area (Å²) in [6, 6.07) is 8.88. The molecule has 7 nitrogen and oxygen atoms in total. The summed E-state index contributed by atoms with van der Waals surface area (Å²) in [4.78, 5) is 28.6. The van der Waals surface area contributed by atoms with Crippen molar-refractivity contribution in [2.45, 2.75) is 20.0 Å². The molecule has 3 aromatic heterocycles. The van der Waals surface area contributed by atoms with E-state index in [1.54, 1.807) is 26.2 Å². The van der Waals surface area contributed by atoms with Gasteiger partial charge in [0, 0.05) is 43.7 Å². The first-order valence-electron chi connectivity index (χ1n) is 10.9. The fraction of sp³-hybridized carbons (Fsp3) is 0.280. The number of benzene rings is 1. The largest absolute Gasteiger partial charge is 0.370 e. The van der Waals surface area contributed by atoms with Gasteiger partial charge in [-0.25, -0.2) is 18.7 Å². The molecule has 0 N–H and O–H groups in total. The Morgan fingerprint density at radius 1 is 1.09 bits per heavy atom. The highest BCUT2D eigenvalue weighted by Gasteiger charge is 2.26. The number of aromatic nitrogens is 4. The van der Waals surface area contributed by atoms with Crippen LogP contribution < -0.4 is 10.5 Å². The molecule has 0 saturated carbocycles. The number of aryl methyl sites for hydroxylation is 2. The van der Waals surface area contributed by atoms with Gasteiger partial charge in [-0.2, -0.15) is 0 Å². The van der Waals surface area contributed by atoms with Crippen LogP contribution in [0.25, 0.3) is 22.2 Å². The van der Waals surface area contributed by atoms with Crippen LogP contribution in [0, 0.1) is 25.5 Å². The van der Waals surface area contributed by atoms with Gasteiger partial charge >= 0.3 is 0 Å². The first-order chi connectivity index (χ1) is 16.3. The molecule has 5 rings (SSSR count). The Balaban J connectivity index is 1.66. The summed E-state index contributed by atoms with van der Waals surface area (Å²) >= 11 is 0. The van der Waals surface area contributed by atoms with Gasteiger partial charge in [0.1, 0.15) is 40.6 Å². The molecule has 0 aliphatic carbocycles. The maximum Gasteiger partial charge on any atom is 0.261 e. The van der Waals surface area contributed by atoms with E-state index in [0.29, 0.717) is 36.7 Å². The van der Waals surface area contributed by atoms with E-state index in [2.05, 4.69) is 9.97 Å². The van der Waals surface area contributed by atoms with Gasteiger partial charge in [0.15, 0.2) is 0 Å². The molecule has 1 atom stereocenters. The minimum absolute atomic E-state index is 0.0861. The molecule has 1 unspecified atom stereocenters. The molecule has 0 amide bonds. The third-order valence-corrected chi connectivity index (χ3v) is 6.14. The fourth-order valence-electron chi connectivity index (χ4n) is 4.22. The Morgan fingerprint density at radius 2 is 1.91 bits per heavy atom. The average molecular weight is 463 g/mol. The van der Waals surface area contributed by atoms with E-state index in [1.165, 1.54) is 16.7 Å². The van der Waals surface area contributed by atoms with Gasteiger partial charge in [-0.1, -0.05) is 0 Å². The zero-order chi connectivity index (χ0) is 24.0. The molecule has 4 heterocycles. The number of fused-ring (bicyclic) bond motifs is 1. The average Bonchev–Trinajstić information content (AvgIpc) is 2.82. The number of ether oxygens (including phenoxy) is 1. The van der Waals surface area contributed by atoms with Gasteiger partial charge in [-0.15, -0.1) is 0 Å². The number of nitrogens with zero attached hydrogens (tertiary/aromatic N) is 5. The first-order valence-corrected chi connectivity index (χ1v) is 10.9. The van der Waals surface area contributed by atoms with Crippen LogP contribution in [0.2, 0.25) is 0 Å². The maximum atomic E-state index is 14.8. The molecule has 174 valence electrons. The van der Waals surface area contributed by atoms with Gasteiger partial charge in [0.25, 0.3) is 5.56 Å². The van der Waals surface area contributed by atoms with Gasteiger partial charge in [-0.3, -0.25) is 14.3 Å². The van der Waals surface area contributed by atoms with Crippen LogP contribution in [-0.2, 0) is 11.8 Å². The van der Waals surface area contributed by atoms with Crippen molar-refractivity contribution in [1.29, 1.82) is 0 Å². The number of rotatable bonds is 3. The third-order valence-electron chi connectivity index (χ3n) is 6.14. The molecule has 1 fully saturated rings. The Hall–Kier alpha value is -3.72. The number of halogens is 2. The quantitative estimate of drug-likeness (QED) is 0.459. The second kappa shape index (κ2) is 8.57. The predicted molar refractivity (Wildman–Crippen MR) is 125 cm³/mol. The molecule has 34 heavy (non-hydrogen) atoms. The standard InChI is InChI=1S/C25H23F2N5O2/c1-14-10-16(6-7-28-14)21-13-32(8-9-34-21)22-12-19-24(29-15(2)31(3)25(19)33)23(30-22)18-5-4-17(26)11-20(18)27/h4-7,10-12,21H,8-9,13H2,1-3H3. The zero-order valence-corrected chi connectivity index (χ0v) is 19.0. The maximum absolute atomic E-state index is 14.8. The van der Waals surface area contributed by atoms with Crippen LogP contribution in [0.1, 0.15) is 23.2 Å². The summed E-state index contributed by atoms with van der Waals surface area (Å²) in [6.07, 6.45) is 1.53. The van der Waals surface area contributed by atoms with E-state index in [1.807, 2.05) is 24.0 Å². The van der Waals surface area contributed by atoms with E-state index in [-0.39, 0.29) is 28.4 Å². The molecular formula is C25H23F2N5O2. The summed E-state index contributed by atoms with van der Waals surface area (Å²) in [5.74, 6) is -0.480. The smallest absolute Gasteiger partial charge is 0.261 e. The van der Waals surface area contributed by atoms with Crippen molar-refractivity contribution in [2.24, 2.45) is 7.05 Å². The minimum Gasteiger partial charge on any atom is -0.370 e. The van der Waals surface area contributed by atoms with Crippen LogP contribution in [0.3, 0.4) is 0 Å². The van der Waals surface area contributed by atoms with Crippen molar-refractivity contribution in [2.75, 3.05) is 24.6 Å². The van der Waals surface area contributed by atoms with Gasteiger partial charge in [0.2, 0.25) is 0 Å². The Kier molecular flexibility index (Phi) is 5.57. The monoisotopic (exact) mass is 463 g/mol. The molecule has 1 aromatic carbocycles. The lowest BCUT2D eigenvalue weighted by Gasteiger charge is -2.34. The lowest BCUT2D eigenvalue weighted by Crippen LogP contribution is -2.39. The summed E-state index contributed by atoms with van der Waals surface area (Å²) < 4.78 is 35.8. The van der Waals surface area contributed by atoms with Crippen molar-refractivity contribution in [3.05, 3.63) is 81.7 Å². The number of pyridine rings is 2. The number of anilines is 1. The SMILES string of the molecule is Cc1cc(C2CN(c3cc4c(=O)n(C)c(C)nc4c(-c4ccc(F)cc4F)n3)CCO2)ccn1. The highest BCUT2D eigenvalue weighted by molar-refractivity contribution is 5.93. The highest BCUT2D eigenvalue weighted by Crippen LogP contribution is 2.32. The molecule has 1 aliphatic rings. The fourth-order valence-corrected chi connectivity index (χ4v) is 4.22. The molecule has 0 bridgehead atoms. The summed E-state index contributed by atoms with van der Waals surface area (Å²) in [5, 5.41) is 0.319. The van der Waals surface area contributed by atoms with Gasteiger partial charge in [-0.05, 0) is 49.7 Å². The van der Waals surface area contributed by atoms with Crippen LogP contribution >= 0.6 is 0 Å². The molecule has 9 heteroatoms. The molecule has 0 radical (unpaired) electrons. The predicted octanol–water partition coefficient (Wildman–Crippen LogP) is 3.86. The highest BCUT2D eigenvalue weighted by atomic mass is 19.1.